The molecule has 0 aromatic heterocycles. The topological polar surface area (TPSA) is 58.4 Å². The first-order chi connectivity index (χ1) is 10.9. The minimum atomic E-state index is -4.11. The van der Waals surface area contributed by atoms with Gasteiger partial charge in [-0.05, 0) is 63.6 Å². The van der Waals surface area contributed by atoms with E-state index >= 15 is 0 Å². The summed E-state index contributed by atoms with van der Waals surface area (Å²) in [5, 5.41) is 3.00. The summed E-state index contributed by atoms with van der Waals surface area (Å²) in [6.07, 6.45) is 1.32. The molecule has 2 aliphatic rings. The number of hydrogen-bond donors (Lipinski definition) is 2. The molecule has 4 nitrogen and oxygen atoms in total. The molecule has 0 bridgehead atoms. The van der Waals surface area contributed by atoms with Crippen molar-refractivity contribution < 1.29 is 18.0 Å². The minimum Gasteiger partial charge on any atom is -0.356 e. The summed E-state index contributed by atoms with van der Waals surface area (Å²) in [5.41, 5.74) is 5.70. The maximum atomic E-state index is 12.3. The summed E-state index contributed by atoms with van der Waals surface area (Å²) in [7, 11) is 0. The van der Waals surface area contributed by atoms with Crippen LogP contribution >= 0.6 is 0 Å². The molecule has 2 rings (SSSR count). The van der Waals surface area contributed by atoms with Crippen molar-refractivity contribution in [3.8, 4) is 0 Å². The largest absolute Gasteiger partial charge is 0.401 e. The lowest BCUT2D eigenvalue weighted by atomic mass is 9.92. The lowest BCUT2D eigenvalue weighted by Crippen LogP contribution is -2.41. The van der Waals surface area contributed by atoms with Gasteiger partial charge in [-0.1, -0.05) is 6.42 Å². The number of nitrogens with zero attached hydrogens (tertiary/aromatic N) is 1. The maximum Gasteiger partial charge on any atom is 0.401 e. The van der Waals surface area contributed by atoms with Crippen LogP contribution in [0.2, 0.25) is 0 Å². The van der Waals surface area contributed by atoms with E-state index in [9.17, 15) is 18.0 Å². The predicted molar refractivity (Wildman–Crippen MR) is 82.7 cm³/mol. The number of nitrogens with two attached hydrogens (primary N) is 1. The van der Waals surface area contributed by atoms with E-state index < -0.39 is 12.7 Å². The molecular weight excluding hydrogens is 307 g/mol. The molecule has 23 heavy (non-hydrogen) atoms. The highest BCUT2D eigenvalue weighted by molar-refractivity contribution is 5.79. The summed E-state index contributed by atoms with van der Waals surface area (Å²) < 4.78 is 37.0. The molecule has 3 N–H and O–H groups in total. The number of alkyl halides is 3. The number of carbonyl (C=O) groups is 1. The van der Waals surface area contributed by atoms with Crippen LogP contribution in [0.15, 0.2) is 0 Å². The van der Waals surface area contributed by atoms with Crippen molar-refractivity contribution in [1.29, 1.82) is 0 Å². The van der Waals surface area contributed by atoms with Crippen molar-refractivity contribution in [2.75, 3.05) is 32.7 Å². The zero-order chi connectivity index (χ0) is 16.9. The standard InChI is InChI=1S/C16H28F3N3O/c17-16(18,19)11-22-8-5-12(6-9-22)4-7-21-15(23)14-3-1-2-13(14)10-20/h12-14H,1-11,20H2,(H,21,23)/t13-,14-/m1/s1. The fourth-order valence-electron chi connectivity index (χ4n) is 3.88. The van der Waals surface area contributed by atoms with E-state index in [4.69, 9.17) is 5.73 Å². The molecule has 0 spiro atoms. The number of amides is 1. The van der Waals surface area contributed by atoms with E-state index in [0.717, 1.165) is 38.5 Å². The van der Waals surface area contributed by atoms with Crippen LogP contribution in [0.25, 0.3) is 0 Å². The van der Waals surface area contributed by atoms with Gasteiger partial charge < -0.3 is 11.1 Å². The van der Waals surface area contributed by atoms with Gasteiger partial charge in [-0.3, -0.25) is 9.69 Å². The Labute approximate surface area is 136 Å². The van der Waals surface area contributed by atoms with Crippen LogP contribution in [-0.4, -0.2) is 49.7 Å². The molecule has 0 aromatic carbocycles. The molecular formula is C16H28F3N3O. The summed E-state index contributed by atoms with van der Waals surface area (Å²) in [5.74, 6) is 0.871. The van der Waals surface area contributed by atoms with Gasteiger partial charge >= 0.3 is 6.18 Å². The summed E-state index contributed by atoms with van der Waals surface area (Å²) in [6, 6.07) is 0. The van der Waals surface area contributed by atoms with Crippen LogP contribution in [0.3, 0.4) is 0 Å². The van der Waals surface area contributed by atoms with E-state index in [-0.39, 0.29) is 11.8 Å². The van der Waals surface area contributed by atoms with Crippen LogP contribution < -0.4 is 11.1 Å². The Bertz CT molecular complexity index is 381. The smallest absolute Gasteiger partial charge is 0.356 e. The van der Waals surface area contributed by atoms with Crippen molar-refractivity contribution in [2.24, 2.45) is 23.5 Å². The molecule has 2 fully saturated rings. The average Bonchev–Trinajstić information content (AvgIpc) is 2.96. The SMILES string of the molecule is NC[C@H]1CCC[C@H]1C(=O)NCCC1CCN(CC(F)(F)F)CC1. The Morgan fingerprint density at radius 1 is 1.17 bits per heavy atom. The highest BCUT2D eigenvalue weighted by Gasteiger charge is 2.33. The van der Waals surface area contributed by atoms with Gasteiger partial charge in [0.25, 0.3) is 0 Å². The Hall–Kier alpha value is -0.820. The first-order valence-electron chi connectivity index (χ1n) is 8.66. The second-order valence-corrected chi connectivity index (χ2v) is 6.95. The van der Waals surface area contributed by atoms with Gasteiger partial charge in [0.15, 0.2) is 0 Å². The number of rotatable bonds is 6. The molecule has 1 amide bonds. The van der Waals surface area contributed by atoms with Crippen LogP contribution in [0.1, 0.15) is 38.5 Å². The number of piperidine rings is 1. The second-order valence-electron chi connectivity index (χ2n) is 6.95. The number of carbonyl (C=O) groups excluding carboxylic acids is 1. The normalized spacial score (nSPS) is 27.3. The number of hydrogen-bond acceptors (Lipinski definition) is 3. The zero-order valence-electron chi connectivity index (χ0n) is 13.6. The van der Waals surface area contributed by atoms with Crippen molar-refractivity contribution in [1.82, 2.24) is 10.2 Å². The Balaban J connectivity index is 1.61. The minimum absolute atomic E-state index is 0.0497. The summed E-state index contributed by atoms with van der Waals surface area (Å²) >= 11 is 0. The molecule has 0 aromatic rings. The molecule has 1 saturated heterocycles. The van der Waals surface area contributed by atoms with Gasteiger partial charge in [-0.25, -0.2) is 0 Å². The molecule has 7 heteroatoms. The molecule has 1 saturated carbocycles. The second kappa shape index (κ2) is 8.33. The fraction of sp³-hybridized carbons (Fsp3) is 0.938. The van der Waals surface area contributed by atoms with Crippen molar-refractivity contribution >= 4 is 5.91 Å². The molecule has 1 aliphatic heterocycles. The van der Waals surface area contributed by atoms with E-state index in [1.807, 2.05) is 0 Å². The van der Waals surface area contributed by atoms with E-state index in [2.05, 4.69) is 5.32 Å². The van der Waals surface area contributed by atoms with Crippen molar-refractivity contribution in [3.63, 3.8) is 0 Å². The van der Waals surface area contributed by atoms with Gasteiger partial charge in [0.05, 0.1) is 6.54 Å². The lowest BCUT2D eigenvalue weighted by molar-refractivity contribution is -0.148. The fourth-order valence-corrected chi connectivity index (χ4v) is 3.88. The molecule has 134 valence electrons. The Kier molecular flexibility index (Phi) is 6.71. The number of likely N-dealkylation sites (tertiary alicyclic amines) is 1. The number of halogens is 3. The van der Waals surface area contributed by atoms with Gasteiger partial charge in [0.1, 0.15) is 0 Å². The van der Waals surface area contributed by atoms with Crippen molar-refractivity contribution in [2.45, 2.75) is 44.7 Å². The third-order valence-electron chi connectivity index (χ3n) is 5.26. The van der Waals surface area contributed by atoms with Crippen LogP contribution in [0.4, 0.5) is 13.2 Å². The van der Waals surface area contributed by atoms with Crippen LogP contribution in [0, 0.1) is 17.8 Å². The summed E-state index contributed by atoms with van der Waals surface area (Å²) in [6.45, 7) is 1.37. The van der Waals surface area contributed by atoms with Crippen LogP contribution in [-0.2, 0) is 4.79 Å². The van der Waals surface area contributed by atoms with E-state index in [1.165, 1.54) is 4.90 Å². The molecule has 0 unspecified atom stereocenters. The third kappa shape index (κ3) is 5.95. The van der Waals surface area contributed by atoms with E-state index in [1.54, 1.807) is 0 Å². The quantitative estimate of drug-likeness (QED) is 0.782. The highest BCUT2D eigenvalue weighted by atomic mass is 19.4. The molecule has 1 heterocycles. The monoisotopic (exact) mass is 335 g/mol. The van der Waals surface area contributed by atoms with Gasteiger partial charge in [0.2, 0.25) is 5.91 Å². The third-order valence-corrected chi connectivity index (χ3v) is 5.26. The van der Waals surface area contributed by atoms with Crippen molar-refractivity contribution in [3.05, 3.63) is 0 Å². The van der Waals surface area contributed by atoms with Gasteiger partial charge in [-0.2, -0.15) is 13.2 Å². The first-order valence-corrected chi connectivity index (χ1v) is 8.66. The molecule has 1 aliphatic carbocycles. The molecule has 0 radical (unpaired) electrons. The predicted octanol–water partition coefficient (Wildman–Crippen LogP) is 2.14. The average molecular weight is 335 g/mol. The number of nitrogens with one attached hydrogen (secondary N) is 1. The Morgan fingerprint density at radius 3 is 2.48 bits per heavy atom. The molecule has 2 atom stereocenters. The van der Waals surface area contributed by atoms with Gasteiger partial charge in [0, 0.05) is 12.5 Å². The maximum absolute atomic E-state index is 12.3. The first kappa shape index (κ1) is 18.5. The highest BCUT2D eigenvalue weighted by Crippen LogP contribution is 2.31. The Morgan fingerprint density at radius 2 is 1.87 bits per heavy atom. The zero-order valence-corrected chi connectivity index (χ0v) is 13.6. The van der Waals surface area contributed by atoms with E-state index in [0.29, 0.717) is 38.0 Å². The summed E-state index contributed by atoms with van der Waals surface area (Å²) in [4.78, 5) is 13.6. The van der Waals surface area contributed by atoms with Crippen LogP contribution in [0.5, 0.6) is 0 Å². The van der Waals surface area contributed by atoms with Gasteiger partial charge in [-0.15, -0.1) is 0 Å². The lowest BCUT2D eigenvalue weighted by Gasteiger charge is -2.32.